The highest BCUT2D eigenvalue weighted by atomic mass is 19.4. The highest BCUT2D eigenvalue weighted by Crippen LogP contribution is 2.45. The van der Waals surface area contributed by atoms with Crippen LogP contribution in [0.2, 0.25) is 0 Å². The van der Waals surface area contributed by atoms with Gasteiger partial charge in [-0.15, -0.1) is 0 Å². The van der Waals surface area contributed by atoms with Crippen LogP contribution in [0.3, 0.4) is 0 Å². The van der Waals surface area contributed by atoms with E-state index in [2.05, 4.69) is 13.8 Å². The van der Waals surface area contributed by atoms with Crippen molar-refractivity contribution in [3.05, 3.63) is 70.5 Å². The number of esters is 1. The molecule has 2 aromatic rings. The molecule has 8 heteroatoms. The first-order chi connectivity index (χ1) is 19.4. The predicted octanol–water partition coefficient (Wildman–Crippen LogP) is 10.4. The summed E-state index contributed by atoms with van der Waals surface area (Å²) in [6.07, 6.45) is 7.18. The first kappa shape index (κ1) is 31.2. The Morgan fingerprint density at radius 3 is 2.02 bits per heavy atom. The highest BCUT2D eigenvalue weighted by Gasteiger charge is 2.33. The molecule has 224 valence electrons. The third-order valence-corrected chi connectivity index (χ3v) is 9.19. The zero-order valence-corrected chi connectivity index (χ0v) is 23.6. The van der Waals surface area contributed by atoms with Crippen LogP contribution in [-0.2, 0) is 0 Å². The average Bonchev–Trinajstić information content (AvgIpc) is 2.92. The summed E-state index contributed by atoms with van der Waals surface area (Å²) >= 11 is 0. The summed E-state index contributed by atoms with van der Waals surface area (Å²) < 4.78 is 85.3. The van der Waals surface area contributed by atoms with Gasteiger partial charge in [0.05, 0.1) is 5.56 Å². The van der Waals surface area contributed by atoms with E-state index in [-0.39, 0.29) is 18.1 Å². The second-order valence-corrected chi connectivity index (χ2v) is 11.9. The van der Waals surface area contributed by atoms with Crippen LogP contribution >= 0.6 is 0 Å². The molecule has 0 saturated heterocycles. The van der Waals surface area contributed by atoms with Crippen molar-refractivity contribution in [2.24, 2.45) is 23.7 Å². The summed E-state index contributed by atoms with van der Waals surface area (Å²) in [5, 5.41) is 0. The van der Waals surface area contributed by atoms with Crippen LogP contribution in [0.25, 0.3) is 6.08 Å². The minimum Gasteiger partial charge on any atom is -0.423 e. The maximum Gasteiger partial charge on any atom is 0.409 e. The molecule has 0 radical (unpaired) electrons. The molecule has 2 nitrogen and oxygen atoms in total. The van der Waals surface area contributed by atoms with Gasteiger partial charge in [0.1, 0.15) is 23.2 Å². The Morgan fingerprint density at radius 1 is 0.902 bits per heavy atom. The summed E-state index contributed by atoms with van der Waals surface area (Å²) in [4.78, 5) is 12.5. The second kappa shape index (κ2) is 13.5. The largest absolute Gasteiger partial charge is 0.423 e. The fourth-order valence-corrected chi connectivity index (χ4v) is 6.87. The molecule has 1 atom stereocenters. The lowest BCUT2D eigenvalue weighted by Gasteiger charge is -2.39. The molecule has 2 aromatic carbocycles. The van der Waals surface area contributed by atoms with Crippen LogP contribution in [0.5, 0.6) is 5.75 Å². The molecule has 0 aromatic heterocycles. The third-order valence-electron chi connectivity index (χ3n) is 9.19. The highest BCUT2D eigenvalue weighted by molar-refractivity contribution is 5.91. The van der Waals surface area contributed by atoms with Crippen molar-refractivity contribution >= 4 is 12.0 Å². The maximum absolute atomic E-state index is 15.0. The Hall–Kier alpha value is -2.77. The van der Waals surface area contributed by atoms with Crippen molar-refractivity contribution in [2.45, 2.75) is 90.1 Å². The quantitative estimate of drug-likeness (QED) is 0.176. The number of hydrogen-bond donors (Lipinski definition) is 0. The normalized spacial score (nSPS) is 24.4. The molecule has 41 heavy (non-hydrogen) atoms. The van der Waals surface area contributed by atoms with Crippen LogP contribution in [0.1, 0.15) is 105 Å². The minimum atomic E-state index is -4.75. The van der Waals surface area contributed by atoms with E-state index in [4.69, 9.17) is 4.74 Å². The van der Waals surface area contributed by atoms with E-state index >= 15 is 0 Å². The van der Waals surface area contributed by atoms with Gasteiger partial charge in [0.15, 0.2) is 0 Å². The van der Waals surface area contributed by atoms with E-state index in [0.29, 0.717) is 18.1 Å². The van der Waals surface area contributed by atoms with Gasteiger partial charge in [-0.1, -0.05) is 32.8 Å². The van der Waals surface area contributed by atoms with Gasteiger partial charge < -0.3 is 4.74 Å². The first-order valence-corrected chi connectivity index (χ1v) is 14.7. The molecule has 2 saturated carbocycles. The molecule has 0 bridgehead atoms. The Bertz CT molecular complexity index is 1200. The predicted molar refractivity (Wildman–Crippen MR) is 147 cm³/mol. The van der Waals surface area contributed by atoms with Gasteiger partial charge in [0.25, 0.3) is 0 Å². The number of benzene rings is 2. The number of allylic oxidation sites excluding steroid dienone is 1. The third kappa shape index (κ3) is 8.16. The van der Waals surface area contributed by atoms with E-state index in [1.807, 2.05) is 0 Å². The Balaban J connectivity index is 1.32. The number of carbonyl (C=O) groups excluding carboxylic acids is 1. The molecule has 2 fully saturated rings. The SMILES string of the molecule is CCCC(C)C1CCC(C2CCC(c3ccc(C(=O)Oc4cc(F)c(/C=C/C(F)(F)F)c(F)c4)c(F)c3)CC2)CC1. The molecule has 0 N–H and O–H groups in total. The summed E-state index contributed by atoms with van der Waals surface area (Å²) in [6, 6.07) is 5.50. The fraction of sp³-hybridized carbons (Fsp3) is 0.545. The molecule has 2 aliphatic carbocycles. The molecule has 0 amide bonds. The van der Waals surface area contributed by atoms with Crippen molar-refractivity contribution in [3.63, 3.8) is 0 Å². The van der Waals surface area contributed by atoms with Gasteiger partial charge >= 0.3 is 12.1 Å². The molecule has 0 aliphatic heterocycles. The topological polar surface area (TPSA) is 26.3 Å². The van der Waals surface area contributed by atoms with Crippen LogP contribution in [0.15, 0.2) is 36.4 Å². The Kier molecular flexibility index (Phi) is 10.2. The number of alkyl halides is 3. The van der Waals surface area contributed by atoms with E-state index in [1.54, 1.807) is 6.07 Å². The van der Waals surface area contributed by atoms with E-state index in [1.165, 1.54) is 50.7 Å². The fourth-order valence-electron chi connectivity index (χ4n) is 6.87. The Morgan fingerprint density at radius 2 is 1.49 bits per heavy atom. The van der Waals surface area contributed by atoms with Crippen LogP contribution in [0, 0.1) is 41.1 Å². The van der Waals surface area contributed by atoms with Crippen molar-refractivity contribution < 1.29 is 35.9 Å². The monoisotopic (exact) mass is 580 g/mol. The average molecular weight is 581 g/mol. The maximum atomic E-state index is 15.0. The zero-order chi connectivity index (χ0) is 29.7. The molecular weight excluding hydrogens is 542 g/mol. The van der Waals surface area contributed by atoms with Gasteiger partial charge in [0.2, 0.25) is 0 Å². The van der Waals surface area contributed by atoms with Gasteiger partial charge in [0, 0.05) is 23.8 Å². The number of ether oxygens (including phenoxy) is 1. The molecular formula is C33H38F6O2. The summed E-state index contributed by atoms with van der Waals surface area (Å²) in [5.41, 5.74) is -0.507. The number of hydrogen-bond acceptors (Lipinski definition) is 2. The van der Waals surface area contributed by atoms with Crippen LogP contribution < -0.4 is 4.74 Å². The first-order valence-electron chi connectivity index (χ1n) is 14.7. The van der Waals surface area contributed by atoms with E-state index in [9.17, 15) is 31.1 Å². The Labute approximate surface area is 238 Å². The van der Waals surface area contributed by atoms with Gasteiger partial charge in [-0.2, -0.15) is 13.2 Å². The lowest BCUT2D eigenvalue weighted by Crippen LogP contribution is -2.27. The number of halogens is 6. The smallest absolute Gasteiger partial charge is 0.409 e. The number of carbonyl (C=O) groups is 1. The summed E-state index contributed by atoms with van der Waals surface area (Å²) in [5.74, 6) is -1.87. The molecule has 4 rings (SSSR count). The summed E-state index contributed by atoms with van der Waals surface area (Å²) in [7, 11) is 0. The van der Waals surface area contributed by atoms with Gasteiger partial charge in [-0.3, -0.25) is 0 Å². The lowest BCUT2D eigenvalue weighted by atomic mass is 9.66. The van der Waals surface area contributed by atoms with Crippen LogP contribution in [0.4, 0.5) is 26.3 Å². The number of rotatable bonds is 8. The van der Waals surface area contributed by atoms with Crippen molar-refractivity contribution in [3.8, 4) is 5.75 Å². The molecule has 2 aliphatic rings. The molecule has 0 heterocycles. The summed E-state index contributed by atoms with van der Waals surface area (Å²) in [6.45, 7) is 4.65. The second-order valence-electron chi connectivity index (χ2n) is 11.9. The minimum absolute atomic E-state index is 0.201. The standard InChI is InChI=1S/C33H38F6O2/c1-3-4-20(2)21-5-7-22(8-6-21)23-9-11-24(12-10-23)25-13-14-28(29(34)17-25)32(40)41-26-18-30(35)27(31(36)19-26)15-16-33(37,38)39/h13-24H,3-12H2,1-2H3/b16-15+. The van der Waals surface area contributed by atoms with Crippen molar-refractivity contribution in [1.82, 2.24) is 0 Å². The van der Waals surface area contributed by atoms with Gasteiger partial charge in [-0.25, -0.2) is 18.0 Å². The lowest BCUT2D eigenvalue weighted by molar-refractivity contribution is -0.0790. The van der Waals surface area contributed by atoms with Crippen molar-refractivity contribution in [2.75, 3.05) is 0 Å². The van der Waals surface area contributed by atoms with E-state index < -0.39 is 46.5 Å². The van der Waals surface area contributed by atoms with E-state index in [0.717, 1.165) is 49.0 Å². The molecule has 0 spiro atoms. The molecule has 1 unspecified atom stereocenters. The van der Waals surface area contributed by atoms with Gasteiger partial charge in [-0.05, 0) is 105 Å². The van der Waals surface area contributed by atoms with Crippen molar-refractivity contribution in [1.29, 1.82) is 0 Å². The zero-order valence-electron chi connectivity index (χ0n) is 23.6. The van der Waals surface area contributed by atoms with Crippen LogP contribution in [-0.4, -0.2) is 12.1 Å².